The second kappa shape index (κ2) is 38.4. The third-order valence-electron chi connectivity index (χ3n) is 4.04. The maximum atomic E-state index is 4.62. The van der Waals surface area contributed by atoms with Crippen LogP contribution in [0.15, 0.2) is 48.5 Å². The molecule has 3 aromatic rings. The van der Waals surface area contributed by atoms with E-state index >= 15 is 0 Å². The Balaban J connectivity index is -0.000000158. The fourth-order valence-electron chi connectivity index (χ4n) is 2.94. The number of rotatable bonds is 0. The molecule has 242 valence electrons. The SMILES string of the molecule is C1=Cc2cc3ccc(cc4ccc(cc5nc(cc1n2)C=C5)[nH]4)[nH]3.Cl.[CH2-]C.[CH2-]C.[CH2-]C.[CH2-]C.[CH2-]C.[CH2-]C.[CH2-]C.[CH2-]C.[Fe]. The first-order valence-corrected chi connectivity index (χ1v) is 13.5. The summed E-state index contributed by atoms with van der Waals surface area (Å²) in [6, 6.07) is 16.4. The van der Waals surface area contributed by atoms with Gasteiger partial charge in [0.2, 0.25) is 0 Å². The van der Waals surface area contributed by atoms with Crippen LogP contribution >= 0.6 is 12.4 Å². The van der Waals surface area contributed by atoms with E-state index in [0.29, 0.717) is 0 Å². The minimum atomic E-state index is 0. The molecule has 0 fully saturated rings. The summed E-state index contributed by atoms with van der Waals surface area (Å²) in [6.07, 6.45) is 8.05. The molecule has 2 N–H and O–H groups in total. The van der Waals surface area contributed by atoms with Gasteiger partial charge in [0.15, 0.2) is 0 Å². The van der Waals surface area contributed by atoms with Crippen molar-refractivity contribution in [2.24, 2.45) is 0 Å². The molecule has 6 heteroatoms. The van der Waals surface area contributed by atoms with E-state index in [9.17, 15) is 0 Å². The van der Waals surface area contributed by atoms with Gasteiger partial charge in [0, 0.05) is 39.1 Å². The number of fused-ring (bicyclic) bond motifs is 8. The maximum Gasteiger partial charge on any atom is 0.0659 e. The molecule has 5 rings (SSSR count). The Kier molecular flexibility index (Phi) is 47.6. The molecule has 0 aliphatic carbocycles. The molecule has 4 nitrogen and oxygen atoms in total. The van der Waals surface area contributed by atoms with Crippen LogP contribution in [0.25, 0.3) is 46.4 Å². The fourth-order valence-corrected chi connectivity index (χ4v) is 2.94. The number of aromatic nitrogens is 4. The average Bonchev–Trinajstić information content (AvgIpc) is 3.88. The van der Waals surface area contributed by atoms with E-state index in [2.05, 4.69) is 106 Å². The van der Waals surface area contributed by atoms with Gasteiger partial charge < -0.3 is 65.4 Å². The van der Waals surface area contributed by atoms with Crippen molar-refractivity contribution in [2.75, 3.05) is 0 Å². The zero-order valence-corrected chi connectivity index (χ0v) is 29.2. The molecule has 0 radical (unpaired) electrons. The van der Waals surface area contributed by atoms with Crippen molar-refractivity contribution in [3.63, 3.8) is 0 Å². The van der Waals surface area contributed by atoms with Crippen LogP contribution < -0.4 is 0 Å². The number of halogens is 1. The molecule has 2 aliphatic heterocycles. The Morgan fingerprint density at radius 1 is 0.381 bits per heavy atom. The molecule has 0 saturated carbocycles. The van der Waals surface area contributed by atoms with E-state index in [1.165, 1.54) is 0 Å². The number of nitrogens with one attached hydrogen (secondary N) is 2. The fraction of sp³-hybridized carbons (Fsp3) is 0.222. The van der Waals surface area contributed by atoms with E-state index in [4.69, 9.17) is 0 Å². The smallest absolute Gasteiger partial charge is 0.0659 e. The van der Waals surface area contributed by atoms with Crippen LogP contribution in [0.5, 0.6) is 0 Å². The summed E-state index contributed by atoms with van der Waals surface area (Å²) in [5.74, 6) is 0. The van der Waals surface area contributed by atoms with Crippen LogP contribution in [0.1, 0.15) is 78.2 Å². The van der Waals surface area contributed by atoms with Gasteiger partial charge in [0.25, 0.3) is 0 Å². The predicted molar refractivity (Wildman–Crippen MR) is 194 cm³/mol. The Labute approximate surface area is 276 Å². The van der Waals surface area contributed by atoms with Crippen molar-refractivity contribution in [3.8, 4) is 0 Å². The summed E-state index contributed by atoms with van der Waals surface area (Å²) in [5, 5.41) is 0. The molecule has 0 spiro atoms. The van der Waals surface area contributed by atoms with Gasteiger partial charge in [0.05, 0.1) is 22.8 Å². The second-order valence-electron chi connectivity index (χ2n) is 5.91. The zero-order chi connectivity index (χ0) is 31.9. The van der Waals surface area contributed by atoms with E-state index in [1.54, 1.807) is 55.4 Å². The minimum absolute atomic E-state index is 0. The van der Waals surface area contributed by atoms with Crippen molar-refractivity contribution in [1.82, 2.24) is 19.9 Å². The quantitative estimate of drug-likeness (QED) is 0.131. The summed E-state index contributed by atoms with van der Waals surface area (Å²) in [6.45, 7) is 40.0. The molecule has 0 unspecified atom stereocenters. The summed E-state index contributed by atoms with van der Waals surface area (Å²) in [5.41, 5.74) is 7.86. The van der Waals surface area contributed by atoms with Gasteiger partial charge in [0.1, 0.15) is 0 Å². The van der Waals surface area contributed by atoms with Crippen LogP contribution in [0.3, 0.4) is 0 Å². The van der Waals surface area contributed by atoms with E-state index < -0.39 is 0 Å². The molecule has 0 aromatic carbocycles. The molecule has 8 bridgehead atoms. The van der Waals surface area contributed by atoms with E-state index in [0.717, 1.165) is 44.8 Å². The van der Waals surface area contributed by atoms with Gasteiger partial charge in [-0.1, -0.05) is 0 Å². The minimum Gasteiger partial charge on any atom is -0.355 e. The van der Waals surface area contributed by atoms with Gasteiger partial charge in [-0.15, -0.1) is 12.4 Å². The van der Waals surface area contributed by atoms with Gasteiger partial charge in [-0.3, -0.25) is 0 Å². The first kappa shape index (κ1) is 52.1. The Morgan fingerprint density at radius 2 is 0.595 bits per heavy atom. The third kappa shape index (κ3) is 20.3. The van der Waals surface area contributed by atoms with Crippen LogP contribution in [0, 0.1) is 55.4 Å². The summed E-state index contributed by atoms with van der Waals surface area (Å²) in [4.78, 5) is 16.0. The molecule has 42 heavy (non-hydrogen) atoms. The molecular weight excluding hydrogens is 580 g/mol. The van der Waals surface area contributed by atoms with E-state index in [1.807, 2.05) is 42.5 Å². The Hall–Kier alpha value is -2.59. The topological polar surface area (TPSA) is 57.4 Å². The van der Waals surface area contributed by atoms with E-state index in [-0.39, 0.29) is 29.5 Å². The van der Waals surface area contributed by atoms with Crippen LogP contribution in [-0.2, 0) is 17.1 Å². The van der Waals surface area contributed by atoms with Gasteiger partial charge in [-0.2, -0.15) is 55.4 Å². The standard InChI is InChI=1S/C20H14N4.8C2H5.ClH.Fe/c1-2-14-10-16-5-6-18(23-16)12-20-8-7-19(24-20)11-17-4-3-15(22-17)9-13(1)21-14;8*1-2;;/h1-12,21-22H;8*1H2,2H3;1H;/q;8*-1;;. The monoisotopic (exact) mass is 634 g/mol. The normalized spacial score (nSPS) is 8.38. The Morgan fingerprint density at radius 3 is 0.857 bits per heavy atom. The van der Waals surface area contributed by atoms with Crippen LogP contribution in [-0.4, -0.2) is 19.9 Å². The molecule has 0 atom stereocenters. The van der Waals surface area contributed by atoms with Crippen molar-refractivity contribution in [2.45, 2.75) is 55.4 Å². The maximum absolute atomic E-state index is 4.62. The van der Waals surface area contributed by atoms with Crippen molar-refractivity contribution in [1.29, 1.82) is 0 Å². The van der Waals surface area contributed by atoms with Gasteiger partial charge >= 0.3 is 0 Å². The zero-order valence-electron chi connectivity index (χ0n) is 27.2. The van der Waals surface area contributed by atoms with Gasteiger partial charge in [-0.05, 0) is 72.8 Å². The van der Waals surface area contributed by atoms with Gasteiger partial charge in [-0.25, -0.2) is 9.97 Å². The number of hydrogen-bond donors (Lipinski definition) is 2. The molecular formula is C36H55ClFeN4-8. The van der Waals surface area contributed by atoms with Crippen LogP contribution in [0.2, 0.25) is 0 Å². The van der Waals surface area contributed by atoms with Crippen LogP contribution in [0.4, 0.5) is 0 Å². The molecule has 0 amide bonds. The summed E-state index contributed by atoms with van der Waals surface area (Å²) >= 11 is 0. The largest absolute Gasteiger partial charge is 0.355 e. The number of hydrogen-bond acceptors (Lipinski definition) is 2. The van der Waals surface area contributed by atoms with Crippen molar-refractivity contribution < 1.29 is 17.1 Å². The first-order chi connectivity index (χ1) is 19.8. The number of nitrogens with zero attached hydrogens (tertiary/aromatic N) is 2. The Bertz CT molecular complexity index is 1090. The summed E-state index contributed by atoms with van der Waals surface area (Å²) < 4.78 is 0. The third-order valence-corrected chi connectivity index (χ3v) is 4.04. The van der Waals surface area contributed by atoms with Crippen molar-refractivity contribution >= 4 is 58.8 Å². The second-order valence-corrected chi connectivity index (χ2v) is 5.91. The number of aromatic amines is 2. The predicted octanol–water partition coefficient (Wildman–Crippen LogP) is 11.8. The molecule has 2 aliphatic rings. The summed E-state index contributed by atoms with van der Waals surface area (Å²) in [7, 11) is 0. The number of H-pyrrole nitrogens is 2. The van der Waals surface area contributed by atoms with Crippen molar-refractivity contribution in [3.05, 3.63) is 127 Å². The average molecular weight is 635 g/mol. The molecule has 0 saturated heterocycles. The molecule has 5 heterocycles. The first-order valence-electron chi connectivity index (χ1n) is 13.5. The molecule has 3 aromatic heterocycles.